The molecule has 13 nitrogen and oxygen atoms in total. The van der Waals surface area contributed by atoms with E-state index < -0.39 is 5.92 Å². The van der Waals surface area contributed by atoms with Crippen molar-refractivity contribution in [2.75, 3.05) is 54.9 Å². The van der Waals surface area contributed by atoms with Crippen LogP contribution in [0.3, 0.4) is 0 Å². The lowest BCUT2D eigenvalue weighted by Crippen LogP contribution is -2.56. The van der Waals surface area contributed by atoms with Crippen molar-refractivity contribution >= 4 is 35.3 Å². The molecular formula is C42H55N9O4. The third-order valence-electron chi connectivity index (χ3n) is 12.7. The number of nitrogens with zero attached hydrogens (tertiary/aromatic N) is 6. The van der Waals surface area contributed by atoms with Crippen molar-refractivity contribution in [2.24, 2.45) is 17.1 Å². The number of piperidine rings is 2. The summed E-state index contributed by atoms with van der Waals surface area (Å²) >= 11 is 0. The van der Waals surface area contributed by atoms with E-state index in [1.54, 1.807) is 18.2 Å². The molecule has 4 aromatic rings. The zero-order chi connectivity index (χ0) is 38.3. The van der Waals surface area contributed by atoms with E-state index in [4.69, 9.17) is 30.7 Å². The fraction of sp³-hybridized carbons (Fsp3) is 0.524. The number of aromatic hydroxyl groups is 1. The van der Waals surface area contributed by atoms with Gasteiger partial charge in [0.05, 0.1) is 6.61 Å². The van der Waals surface area contributed by atoms with Crippen LogP contribution in [0.2, 0.25) is 0 Å². The van der Waals surface area contributed by atoms with Crippen molar-refractivity contribution in [3.05, 3.63) is 76.4 Å². The summed E-state index contributed by atoms with van der Waals surface area (Å²) < 4.78 is 11.0. The molecule has 2 saturated heterocycles. The number of hydrogen-bond donors (Lipinski definition) is 4. The summed E-state index contributed by atoms with van der Waals surface area (Å²) in [6, 6.07) is 9.67. The highest BCUT2D eigenvalue weighted by Crippen LogP contribution is 2.52. The second-order valence-electron chi connectivity index (χ2n) is 16.4. The number of likely N-dealkylation sites (tertiary alicyclic amines) is 1. The van der Waals surface area contributed by atoms with Crippen molar-refractivity contribution in [1.82, 2.24) is 25.0 Å². The van der Waals surface area contributed by atoms with Crippen LogP contribution in [0.4, 0.5) is 17.6 Å². The Morgan fingerprint density at radius 3 is 2.51 bits per heavy atom. The first-order valence-electron chi connectivity index (χ1n) is 20.0. The molecule has 1 atom stereocenters. The number of nitrogens with two attached hydrogens (primary N) is 2. The molecule has 6 N–H and O–H groups in total. The Labute approximate surface area is 323 Å². The number of hydrogen-bond acceptors (Lipinski definition) is 12. The minimum atomic E-state index is -0.433. The lowest BCUT2D eigenvalue weighted by atomic mass is 9.59. The van der Waals surface area contributed by atoms with Crippen LogP contribution < -0.4 is 21.3 Å². The van der Waals surface area contributed by atoms with Crippen LogP contribution in [0.1, 0.15) is 105 Å². The number of para-hydroxylation sites is 1. The molecule has 0 radical (unpaired) electrons. The summed E-state index contributed by atoms with van der Waals surface area (Å²) in [5, 5.41) is 14.7. The molecule has 292 valence electrons. The summed E-state index contributed by atoms with van der Waals surface area (Å²) in [6.45, 7) is 11.8. The third-order valence-corrected chi connectivity index (χ3v) is 12.7. The molecule has 4 aliphatic rings. The fourth-order valence-electron chi connectivity index (χ4n) is 9.47. The first-order chi connectivity index (χ1) is 26.6. The Kier molecular flexibility index (Phi) is 10.2. The van der Waals surface area contributed by atoms with E-state index in [9.17, 15) is 9.90 Å². The van der Waals surface area contributed by atoms with Gasteiger partial charge < -0.3 is 45.5 Å². The Morgan fingerprint density at radius 2 is 1.82 bits per heavy atom. The van der Waals surface area contributed by atoms with E-state index in [-0.39, 0.29) is 17.6 Å². The molecule has 0 bridgehead atoms. The Balaban J connectivity index is 0.814. The normalized spacial score (nSPS) is 20.1. The van der Waals surface area contributed by atoms with E-state index >= 15 is 0 Å². The lowest BCUT2D eigenvalue weighted by molar-refractivity contribution is -0.146. The van der Waals surface area contributed by atoms with Crippen molar-refractivity contribution in [3.8, 4) is 5.75 Å². The summed E-state index contributed by atoms with van der Waals surface area (Å²) in [5.74, 6) is 2.72. The number of aromatic amines is 1. The Hall–Kier alpha value is -5.04. The summed E-state index contributed by atoms with van der Waals surface area (Å²) in [7, 11) is 0. The molecule has 3 aliphatic heterocycles. The van der Waals surface area contributed by atoms with Gasteiger partial charge in [-0.2, -0.15) is 0 Å². The number of carbonyl (C=O) groups is 1. The number of H-pyrrole nitrogens is 1. The highest BCUT2D eigenvalue weighted by atomic mass is 16.5. The van der Waals surface area contributed by atoms with Gasteiger partial charge in [0.2, 0.25) is 5.95 Å². The van der Waals surface area contributed by atoms with Crippen LogP contribution in [0.5, 0.6) is 5.75 Å². The Bertz CT molecular complexity index is 2000. The maximum absolute atomic E-state index is 12.6. The van der Waals surface area contributed by atoms with Gasteiger partial charge in [0.15, 0.2) is 11.6 Å². The number of nitrogens with one attached hydrogen (secondary N) is 1. The molecule has 8 rings (SSSR count). The number of carbonyl (C=O) groups excluding carboxylic acids is 1. The molecule has 1 aliphatic carbocycles. The minimum absolute atomic E-state index is 0.0683. The quantitative estimate of drug-likeness (QED) is 0.139. The number of esters is 1. The lowest BCUT2D eigenvalue weighted by Gasteiger charge is -2.56. The summed E-state index contributed by atoms with van der Waals surface area (Å²) in [4.78, 5) is 32.9. The van der Waals surface area contributed by atoms with Crippen molar-refractivity contribution < 1.29 is 19.2 Å². The van der Waals surface area contributed by atoms with Gasteiger partial charge in [-0.05, 0) is 99.6 Å². The SMILES string of the molecule is CCOC(=O)C(c1cc(N2CCC3(CC2)CC(N2CCC(c4cnc(N5CCc6[nH]c(N)c(/C=C(\N)c7ccccc7O)c6C5)nc4)CC2)C3)no1)C(C)C. The minimum Gasteiger partial charge on any atom is -0.507 e. The van der Waals surface area contributed by atoms with Crippen molar-refractivity contribution in [2.45, 2.75) is 90.1 Å². The van der Waals surface area contributed by atoms with E-state index in [1.165, 1.54) is 18.4 Å². The fourth-order valence-corrected chi connectivity index (χ4v) is 9.47. The highest BCUT2D eigenvalue weighted by Gasteiger charge is 2.48. The number of fused-ring (bicyclic) bond motifs is 1. The van der Waals surface area contributed by atoms with Crippen LogP contribution in [0, 0.1) is 11.3 Å². The summed E-state index contributed by atoms with van der Waals surface area (Å²) in [6.07, 6.45) is 13.8. The summed E-state index contributed by atoms with van der Waals surface area (Å²) in [5.41, 5.74) is 18.6. The predicted molar refractivity (Wildman–Crippen MR) is 213 cm³/mol. The maximum atomic E-state index is 12.6. The number of benzene rings is 1. The zero-order valence-corrected chi connectivity index (χ0v) is 32.3. The molecule has 1 spiro atoms. The molecule has 3 aromatic heterocycles. The van der Waals surface area contributed by atoms with Gasteiger partial charge in [0.25, 0.3) is 0 Å². The van der Waals surface area contributed by atoms with E-state index in [0.29, 0.717) is 53.4 Å². The van der Waals surface area contributed by atoms with Gasteiger partial charge in [-0.3, -0.25) is 4.79 Å². The highest BCUT2D eigenvalue weighted by molar-refractivity contribution is 5.86. The van der Waals surface area contributed by atoms with Crippen molar-refractivity contribution in [1.29, 1.82) is 0 Å². The predicted octanol–water partition coefficient (Wildman–Crippen LogP) is 6.03. The molecule has 3 fully saturated rings. The van der Waals surface area contributed by atoms with Gasteiger partial charge in [0, 0.05) is 85.2 Å². The van der Waals surface area contributed by atoms with Crippen LogP contribution in [0.25, 0.3) is 11.8 Å². The number of aromatic nitrogens is 4. The van der Waals surface area contributed by atoms with Crippen LogP contribution in [-0.4, -0.2) is 81.5 Å². The number of anilines is 3. The number of phenolic OH excluding ortho intramolecular Hbond substituents is 1. The molecule has 1 unspecified atom stereocenters. The molecule has 13 heteroatoms. The van der Waals surface area contributed by atoms with E-state index in [0.717, 1.165) is 93.4 Å². The molecule has 1 aromatic carbocycles. The standard InChI is InChI=1S/C42H55N9O4/c1-4-54-40(53)38(26(2)3)36-20-37(48-55-36)50-17-12-42(13-18-50)21-29(22-42)49-14-9-27(10-15-49)28-23-45-41(46-24-28)51-16-11-34-32(25-51)31(39(44)47-34)19-33(43)30-7-5-6-8-35(30)52/h5-8,19-20,23-24,26-27,29,38,47,52H,4,9-18,21-22,25,43-44H2,1-3H3/b33-19-. The third kappa shape index (κ3) is 7.38. The maximum Gasteiger partial charge on any atom is 0.317 e. The first kappa shape index (κ1) is 36.9. The number of rotatable bonds is 10. The molecular weight excluding hydrogens is 695 g/mol. The van der Waals surface area contributed by atoms with E-state index in [2.05, 4.69) is 24.8 Å². The van der Waals surface area contributed by atoms with E-state index in [1.807, 2.05) is 51.4 Å². The number of nitrogen functional groups attached to an aromatic ring is 1. The van der Waals surface area contributed by atoms with Gasteiger partial charge in [0.1, 0.15) is 17.5 Å². The smallest absolute Gasteiger partial charge is 0.317 e. The molecule has 1 saturated carbocycles. The van der Waals surface area contributed by atoms with Crippen LogP contribution in [-0.2, 0) is 22.5 Å². The molecule has 0 amide bonds. The number of phenols is 1. The second kappa shape index (κ2) is 15.2. The number of ether oxygens (including phenoxy) is 1. The molecule has 55 heavy (non-hydrogen) atoms. The van der Waals surface area contributed by atoms with Crippen molar-refractivity contribution in [3.63, 3.8) is 0 Å². The van der Waals surface area contributed by atoms with Gasteiger partial charge in [-0.1, -0.05) is 31.1 Å². The van der Waals surface area contributed by atoms with Gasteiger partial charge in [-0.25, -0.2) is 9.97 Å². The van der Waals surface area contributed by atoms with Crippen LogP contribution in [0.15, 0.2) is 47.2 Å². The average Bonchev–Trinajstić information content (AvgIpc) is 3.78. The van der Waals surface area contributed by atoms with Gasteiger partial charge >= 0.3 is 5.97 Å². The largest absolute Gasteiger partial charge is 0.507 e. The van der Waals surface area contributed by atoms with Crippen LogP contribution >= 0.6 is 0 Å². The average molecular weight is 750 g/mol. The Morgan fingerprint density at radius 1 is 1.09 bits per heavy atom. The monoisotopic (exact) mass is 749 g/mol. The first-order valence-corrected chi connectivity index (χ1v) is 20.0. The zero-order valence-electron chi connectivity index (χ0n) is 32.3. The second-order valence-corrected chi connectivity index (χ2v) is 16.4. The topological polar surface area (TPSA) is 176 Å². The molecule has 6 heterocycles. The van der Waals surface area contributed by atoms with Gasteiger partial charge in [-0.15, -0.1) is 0 Å².